The molecule has 2 rings (SSSR count). The predicted octanol–water partition coefficient (Wildman–Crippen LogP) is 2.53. The van der Waals surface area contributed by atoms with E-state index in [-0.39, 0.29) is 0 Å². The standard InChI is InChI=1S/C14H19N5/c1-4-15-14-18-11(3)7-13(19-14)17-9-12-6-5-10(2)16-8-12/h5-8H,4,9H2,1-3H3,(H2,15,17,18,19). The summed E-state index contributed by atoms with van der Waals surface area (Å²) in [5, 5.41) is 6.41. The van der Waals surface area contributed by atoms with Gasteiger partial charge >= 0.3 is 0 Å². The number of rotatable bonds is 5. The van der Waals surface area contributed by atoms with Gasteiger partial charge in [0, 0.05) is 36.7 Å². The Morgan fingerprint density at radius 3 is 2.58 bits per heavy atom. The number of hydrogen-bond acceptors (Lipinski definition) is 5. The van der Waals surface area contributed by atoms with Gasteiger partial charge in [-0.05, 0) is 32.4 Å². The van der Waals surface area contributed by atoms with Gasteiger partial charge in [-0.25, -0.2) is 4.98 Å². The summed E-state index contributed by atoms with van der Waals surface area (Å²) in [6.07, 6.45) is 1.88. The summed E-state index contributed by atoms with van der Waals surface area (Å²) in [6.45, 7) is 7.48. The molecular weight excluding hydrogens is 238 g/mol. The molecule has 0 spiro atoms. The average molecular weight is 257 g/mol. The van der Waals surface area contributed by atoms with Gasteiger partial charge in [-0.3, -0.25) is 4.98 Å². The minimum Gasteiger partial charge on any atom is -0.366 e. The topological polar surface area (TPSA) is 62.7 Å². The molecule has 0 saturated carbocycles. The van der Waals surface area contributed by atoms with E-state index in [1.165, 1.54) is 0 Å². The number of aryl methyl sites for hydroxylation is 2. The number of aromatic nitrogens is 3. The van der Waals surface area contributed by atoms with E-state index in [4.69, 9.17) is 0 Å². The lowest BCUT2D eigenvalue weighted by Crippen LogP contribution is -2.07. The predicted molar refractivity (Wildman–Crippen MR) is 77.2 cm³/mol. The Morgan fingerprint density at radius 2 is 1.89 bits per heavy atom. The van der Waals surface area contributed by atoms with Crippen molar-refractivity contribution in [1.29, 1.82) is 0 Å². The van der Waals surface area contributed by atoms with Crippen LogP contribution in [0.25, 0.3) is 0 Å². The Hall–Kier alpha value is -2.17. The van der Waals surface area contributed by atoms with Crippen LogP contribution in [0.4, 0.5) is 11.8 Å². The lowest BCUT2D eigenvalue weighted by Gasteiger charge is -2.09. The molecule has 0 aromatic carbocycles. The number of nitrogens with one attached hydrogen (secondary N) is 2. The Bertz CT molecular complexity index is 536. The van der Waals surface area contributed by atoms with E-state index in [1.807, 2.05) is 39.1 Å². The first-order chi connectivity index (χ1) is 9.17. The Morgan fingerprint density at radius 1 is 1.05 bits per heavy atom. The molecule has 0 fully saturated rings. The highest BCUT2D eigenvalue weighted by molar-refractivity contribution is 5.42. The smallest absolute Gasteiger partial charge is 0.224 e. The van der Waals surface area contributed by atoms with Crippen molar-refractivity contribution >= 4 is 11.8 Å². The van der Waals surface area contributed by atoms with Crippen molar-refractivity contribution in [3.8, 4) is 0 Å². The summed E-state index contributed by atoms with van der Waals surface area (Å²) in [4.78, 5) is 13.0. The monoisotopic (exact) mass is 257 g/mol. The highest BCUT2D eigenvalue weighted by atomic mass is 15.1. The summed E-state index contributed by atoms with van der Waals surface area (Å²) < 4.78 is 0. The summed E-state index contributed by atoms with van der Waals surface area (Å²) >= 11 is 0. The molecule has 0 aliphatic heterocycles. The van der Waals surface area contributed by atoms with Crippen LogP contribution in [0.15, 0.2) is 24.4 Å². The van der Waals surface area contributed by atoms with Crippen molar-refractivity contribution in [3.05, 3.63) is 41.3 Å². The van der Waals surface area contributed by atoms with Gasteiger partial charge in [-0.15, -0.1) is 0 Å². The zero-order chi connectivity index (χ0) is 13.7. The molecule has 5 nitrogen and oxygen atoms in total. The summed E-state index contributed by atoms with van der Waals surface area (Å²) in [5.41, 5.74) is 3.10. The summed E-state index contributed by atoms with van der Waals surface area (Å²) in [7, 11) is 0. The van der Waals surface area contributed by atoms with Crippen molar-refractivity contribution in [1.82, 2.24) is 15.0 Å². The Labute approximate surface area is 113 Å². The van der Waals surface area contributed by atoms with Crippen LogP contribution in [0.2, 0.25) is 0 Å². The molecule has 2 aromatic rings. The maximum Gasteiger partial charge on any atom is 0.224 e. The second kappa shape index (κ2) is 6.13. The van der Waals surface area contributed by atoms with Crippen LogP contribution in [0.3, 0.4) is 0 Å². The van der Waals surface area contributed by atoms with Crippen LogP contribution in [0.1, 0.15) is 23.9 Å². The maximum absolute atomic E-state index is 4.40. The Balaban J connectivity index is 2.04. The van der Waals surface area contributed by atoms with Crippen LogP contribution in [0, 0.1) is 13.8 Å². The van der Waals surface area contributed by atoms with Crippen molar-refractivity contribution in [2.24, 2.45) is 0 Å². The zero-order valence-electron chi connectivity index (χ0n) is 11.6. The van der Waals surface area contributed by atoms with Gasteiger partial charge in [-0.2, -0.15) is 4.98 Å². The van der Waals surface area contributed by atoms with Gasteiger partial charge in [0.2, 0.25) is 5.95 Å². The largest absolute Gasteiger partial charge is 0.366 e. The molecule has 0 aliphatic carbocycles. The first kappa shape index (κ1) is 13.3. The van der Waals surface area contributed by atoms with E-state index < -0.39 is 0 Å². The zero-order valence-corrected chi connectivity index (χ0v) is 11.6. The van der Waals surface area contributed by atoms with Crippen LogP contribution in [-0.4, -0.2) is 21.5 Å². The lowest BCUT2D eigenvalue weighted by molar-refractivity contribution is 1.02. The first-order valence-electron chi connectivity index (χ1n) is 6.42. The SMILES string of the molecule is CCNc1nc(C)cc(NCc2ccc(C)nc2)n1. The minimum absolute atomic E-state index is 0.659. The Kier molecular flexibility index (Phi) is 4.28. The molecule has 0 radical (unpaired) electrons. The van der Waals surface area contributed by atoms with Crippen LogP contribution in [-0.2, 0) is 6.54 Å². The third-order valence-electron chi connectivity index (χ3n) is 2.64. The molecule has 0 saturated heterocycles. The highest BCUT2D eigenvalue weighted by Gasteiger charge is 2.01. The molecule has 2 aromatic heterocycles. The van der Waals surface area contributed by atoms with E-state index in [0.717, 1.165) is 29.3 Å². The molecule has 5 heteroatoms. The summed E-state index contributed by atoms with van der Waals surface area (Å²) in [5.74, 6) is 1.48. The van der Waals surface area contributed by atoms with Crippen molar-refractivity contribution < 1.29 is 0 Å². The van der Waals surface area contributed by atoms with Gasteiger partial charge in [0.25, 0.3) is 0 Å². The van der Waals surface area contributed by atoms with Crippen molar-refractivity contribution in [3.63, 3.8) is 0 Å². The molecule has 0 amide bonds. The molecule has 0 aliphatic rings. The number of anilines is 2. The molecular formula is C14H19N5. The quantitative estimate of drug-likeness (QED) is 0.861. The molecule has 0 unspecified atom stereocenters. The molecule has 2 N–H and O–H groups in total. The van der Waals surface area contributed by atoms with Crippen LogP contribution in [0.5, 0.6) is 0 Å². The van der Waals surface area contributed by atoms with Gasteiger partial charge in [0.1, 0.15) is 5.82 Å². The second-order valence-electron chi connectivity index (χ2n) is 4.41. The normalized spacial score (nSPS) is 10.3. The van der Waals surface area contributed by atoms with E-state index >= 15 is 0 Å². The fourth-order valence-corrected chi connectivity index (χ4v) is 1.69. The minimum atomic E-state index is 0.659. The first-order valence-corrected chi connectivity index (χ1v) is 6.42. The molecule has 0 bridgehead atoms. The van der Waals surface area contributed by atoms with E-state index in [9.17, 15) is 0 Å². The third kappa shape index (κ3) is 3.91. The van der Waals surface area contributed by atoms with Gasteiger partial charge in [0.05, 0.1) is 0 Å². The van der Waals surface area contributed by atoms with Crippen LogP contribution >= 0.6 is 0 Å². The number of pyridine rings is 1. The van der Waals surface area contributed by atoms with Gasteiger partial charge in [-0.1, -0.05) is 6.07 Å². The molecule has 2 heterocycles. The van der Waals surface area contributed by atoms with Gasteiger partial charge < -0.3 is 10.6 Å². The average Bonchev–Trinajstić information content (AvgIpc) is 2.38. The lowest BCUT2D eigenvalue weighted by atomic mass is 10.2. The fraction of sp³-hybridized carbons (Fsp3) is 0.357. The highest BCUT2D eigenvalue weighted by Crippen LogP contribution is 2.11. The van der Waals surface area contributed by atoms with Crippen molar-refractivity contribution in [2.45, 2.75) is 27.3 Å². The third-order valence-corrected chi connectivity index (χ3v) is 2.64. The molecule has 19 heavy (non-hydrogen) atoms. The molecule has 100 valence electrons. The second-order valence-corrected chi connectivity index (χ2v) is 4.41. The van der Waals surface area contributed by atoms with Crippen LogP contribution < -0.4 is 10.6 Å². The van der Waals surface area contributed by atoms with Gasteiger partial charge in [0.15, 0.2) is 0 Å². The maximum atomic E-state index is 4.40. The van der Waals surface area contributed by atoms with Crippen molar-refractivity contribution in [2.75, 3.05) is 17.2 Å². The number of nitrogens with zero attached hydrogens (tertiary/aromatic N) is 3. The van der Waals surface area contributed by atoms with E-state index in [0.29, 0.717) is 12.5 Å². The van der Waals surface area contributed by atoms with E-state index in [2.05, 4.69) is 31.7 Å². The molecule has 0 atom stereocenters. The number of hydrogen-bond donors (Lipinski definition) is 2. The summed E-state index contributed by atoms with van der Waals surface area (Å²) in [6, 6.07) is 6.00. The fourth-order valence-electron chi connectivity index (χ4n) is 1.69. The van der Waals surface area contributed by atoms with E-state index in [1.54, 1.807) is 0 Å².